The zero-order chi connectivity index (χ0) is 17.5. The maximum atomic E-state index is 12.0. The van der Waals surface area contributed by atoms with Crippen LogP contribution in [0, 0.1) is 0 Å². The molecule has 0 radical (unpaired) electrons. The van der Waals surface area contributed by atoms with E-state index in [2.05, 4.69) is 20.6 Å². The van der Waals surface area contributed by atoms with Gasteiger partial charge in [0.25, 0.3) is 0 Å². The zero-order valence-corrected chi connectivity index (χ0v) is 14.0. The number of methoxy groups -OCH3 is 1. The number of nitrogens with zero attached hydrogens (tertiary/aromatic N) is 2. The fraction of sp³-hybridized carbons (Fsp3) is 0.211. The summed E-state index contributed by atoms with van der Waals surface area (Å²) in [7, 11) is 1.63. The van der Waals surface area contributed by atoms with Gasteiger partial charge in [-0.2, -0.15) is 0 Å². The molecule has 3 aromatic rings. The van der Waals surface area contributed by atoms with Gasteiger partial charge in [-0.1, -0.05) is 24.3 Å². The highest BCUT2D eigenvalue weighted by Crippen LogP contribution is 2.18. The van der Waals surface area contributed by atoms with Crippen molar-refractivity contribution in [2.24, 2.45) is 0 Å². The molecule has 0 bridgehead atoms. The predicted octanol–water partition coefficient (Wildman–Crippen LogP) is 2.76. The molecule has 2 aromatic carbocycles. The first kappa shape index (κ1) is 16.7. The van der Waals surface area contributed by atoms with E-state index in [0.29, 0.717) is 19.5 Å². The second kappa shape index (κ2) is 8.10. The lowest BCUT2D eigenvalue weighted by Gasteiger charge is -2.09. The van der Waals surface area contributed by atoms with E-state index in [1.165, 1.54) is 6.33 Å². The van der Waals surface area contributed by atoms with Crippen LogP contribution in [0.15, 0.2) is 54.9 Å². The Morgan fingerprint density at radius 2 is 1.88 bits per heavy atom. The second-order valence-corrected chi connectivity index (χ2v) is 5.54. The molecule has 25 heavy (non-hydrogen) atoms. The Hall–Kier alpha value is -3.15. The largest absolute Gasteiger partial charge is 0.497 e. The Morgan fingerprint density at radius 1 is 1.08 bits per heavy atom. The molecule has 6 nitrogen and oxygen atoms in total. The Morgan fingerprint density at radius 3 is 2.68 bits per heavy atom. The molecule has 0 aliphatic rings. The number of carbonyl (C=O) groups is 1. The van der Waals surface area contributed by atoms with Gasteiger partial charge in [0, 0.05) is 24.9 Å². The van der Waals surface area contributed by atoms with Crippen LogP contribution in [0.1, 0.15) is 12.0 Å². The van der Waals surface area contributed by atoms with Crippen molar-refractivity contribution in [3.63, 3.8) is 0 Å². The van der Waals surface area contributed by atoms with Gasteiger partial charge >= 0.3 is 0 Å². The molecule has 0 atom stereocenters. The van der Waals surface area contributed by atoms with Crippen LogP contribution >= 0.6 is 0 Å². The molecule has 1 amide bonds. The summed E-state index contributed by atoms with van der Waals surface area (Å²) in [5.41, 5.74) is 1.91. The van der Waals surface area contributed by atoms with Gasteiger partial charge in [-0.15, -0.1) is 0 Å². The lowest BCUT2D eigenvalue weighted by molar-refractivity contribution is -0.121. The van der Waals surface area contributed by atoms with Gasteiger partial charge in [-0.25, -0.2) is 9.97 Å². The second-order valence-electron chi connectivity index (χ2n) is 5.54. The first-order chi connectivity index (χ1) is 12.3. The highest BCUT2D eigenvalue weighted by atomic mass is 16.5. The number of fused-ring (bicyclic) bond motifs is 1. The first-order valence-electron chi connectivity index (χ1n) is 8.09. The number of amides is 1. The number of nitrogens with one attached hydrogen (secondary N) is 2. The van der Waals surface area contributed by atoms with Crippen molar-refractivity contribution >= 4 is 22.6 Å². The quantitative estimate of drug-likeness (QED) is 0.694. The Labute approximate surface area is 146 Å². The molecule has 0 saturated heterocycles. The molecule has 1 aromatic heterocycles. The van der Waals surface area contributed by atoms with Crippen LogP contribution in [-0.4, -0.2) is 29.5 Å². The van der Waals surface area contributed by atoms with E-state index in [1.807, 2.05) is 48.5 Å². The minimum Gasteiger partial charge on any atom is -0.497 e. The molecule has 2 N–H and O–H groups in total. The van der Waals surface area contributed by atoms with Gasteiger partial charge in [0.2, 0.25) is 5.91 Å². The molecule has 0 aliphatic carbocycles. The zero-order valence-electron chi connectivity index (χ0n) is 14.0. The third kappa shape index (κ3) is 4.44. The lowest BCUT2D eigenvalue weighted by Crippen LogP contribution is -2.25. The average molecular weight is 336 g/mol. The number of ether oxygens (including phenoxy) is 1. The van der Waals surface area contributed by atoms with E-state index < -0.39 is 0 Å². The molecule has 0 unspecified atom stereocenters. The van der Waals surface area contributed by atoms with Crippen LogP contribution in [0.2, 0.25) is 0 Å². The summed E-state index contributed by atoms with van der Waals surface area (Å²) in [5, 5.41) is 7.06. The van der Waals surface area contributed by atoms with Crippen LogP contribution in [0.4, 0.5) is 5.82 Å². The molecule has 0 saturated carbocycles. The van der Waals surface area contributed by atoms with Gasteiger partial charge in [0.1, 0.15) is 17.9 Å². The summed E-state index contributed by atoms with van der Waals surface area (Å²) < 4.78 is 5.11. The van der Waals surface area contributed by atoms with E-state index in [9.17, 15) is 4.79 Å². The Bertz CT molecular complexity index is 844. The van der Waals surface area contributed by atoms with Gasteiger partial charge < -0.3 is 15.4 Å². The molecule has 128 valence electrons. The number of hydrogen-bond donors (Lipinski definition) is 2. The minimum absolute atomic E-state index is 0.0123. The van der Waals surface area contributed by atoms with Crippen molar-refractivity contribution in [3.05, 3.63) is 60.4 Å². The molecular formula is C19H20N4O2. The van der Waals surface area contributed by atoms with Gasteiger partial charge in [-0.3, -0.25) is 4.79 Å². The number of aromatic nitrogens is 2. The number of hydrogen-bond acceptors (Lipinski definition) is 5. The third-order valence-electron chi connectivity index (χ3n) is 3.84. The van der Waals surface area contributed by atoms with Crippen LogP contribution < -0.4 is 15.4 Å². The van der Waals surface area contributed by atoms with Crippen LogP contribution in [0.25, 0.3) is 10.9 Å². The minimum atomic E-state index is -0.0123. The topological polar surface area (TPSA) is 76.1 Å². The highest BCUT2D eigenvalue weighted by Gasteiger charge is 2.05. The maximum absolute atomic E-state index is 12.0. The standard InChI is InChI=1S/C19H20N4O2/c1-25-15-8-6-14(7-9-15)12-21-18(24)10-11-20-19-16-4-2-3-5-17(16)22-13-23-19/h2-9,13H,10-12H2,1H3,(H,21,24)(H,20,22,23). The summed E-state index contributed by atoms with van der Waals surface area (Å²) >= 11 is 0. The van der Waals surface area contributed by atoms with E-state index in [1.54, 1.807) is 7.11 Å². The van der Waals surface area contributed by atoms with Crippen LogP contribution in [0.5, 0.6) is 5.75 Å². The van der Waals surface area contributed by atoms with Crippen molar-refractivity contribution in [3.8, 4) is 5.75 Å². The predicted molar refractivity (Wildman–Crippen MR) is 97.5 cm³/mol. The number of benzene rings is 2. The fourth-order valence-corrected chi connectivity index (χ4v) is 2.47. The summed E-state index contributed by atoms with van der Waals surface area (Å²) in [5.74, 6) is 1.53. The highest BCUT2D eigenvalue weighted by molar-refractivity contribution is 5.88. The fourth-order valence-electron chi connectivity index (χ4n) is 2.47. The van der Waals surface area contributed by atoms with E-state index in [0.717, 1.165) is 28.0 Å². The van der Waals surface area contributed by atoms with Crippen molar-refractivity contribution in [1.82, 2.24) is 15.3 Å². The molecule has 0 aliphatic heterocycles. The summed E-state index contributed by atoms with van der Waals surface area (Å²) in [6, 6.07) is 15.4. The van der Waals surface area contributed by atoms with Crippen molar-refractivity contribution in [2.75, 3.05) is 19.0 Å². The summed E-state index contributed by atoms with van der Waals surface area (Å²) in [6.07, 6.45) is 1.89. The van der Waals surface area contributed by atoms with E-state index in [-0.39, 0.29) is 5.91 Å². The molecular weight excluding hydrogens is 316 g/mol. The number of anilines is 1. The SMILES string of the molecule is COc1ccc(CNC(=O)CCNc2ncnc3ccccc23)cc1. The normalized spacial score (nSPS) is 10.4. The van der Waals surface area contributed by atoms with Crippen molar-refractivity contribution in [2.45, 2.75) is 13.0 Å². The average Bonchev–Trinajstić information content (AvgIpc) is 2.67. The van der Waals surface area contributed by atoms with Crippen molar-refractivity contribution in [1.29, 1.82) is 0 Å². The first-order valence-corrected chi connectivity index (χ1v) is 8.09. The molecule has 3 rings (SSSR count). The monoisotopic (exact) mass is 336 g/mol. The van der Waals surface area contributed by atoms with Gasteiger partial charge in [-0.05, 0) is 29.8 Å². The smallest absolute Gasteiger partial charge is 0.222 e. The van der Waals surface area contributed by atoms with E-state index >= 15 is 0 Å². The van der Waals surface area contributed by atoms with Gasteiger partial charge in [0.15, 0.2) is 0 Å². The summed E-state index contributed by atoms with van der Waals surface area (Å²) in [4.78, 5) is 20.5. The molecule has 6 heteroatoms. The Kier molecular flexibility index (Phi) is 5.41. The molecule has 1 heterocycles. The number of carbonyl (C=O) groups excluding carboxylic acids is 1. The number of rotatable bonds is 7. The lowest BCUT2D eigenvalue weighted by atomic mass is 10.2. The Balaban J connectivity index is 1.47. The van der Waals surface area contributed by atoms with Crippen LogP contribution in [-0.2, 0) is 11.3 Å². The molecule has 0 spiro atoms. The van der Waals surface area contributed by atoms with E-state index in [4.69, 9.17) is 4.74 Å². The maximum Gasteiger partial charge on any atom is 0.222 e. The van der Waals surface area contributed by atoms with Crippen LogP contribution in [0.3, 0.4) is 0 Å². The van der Waals surface area contributed by atoms with Gasteiger partial charge in [0.05, 0.1) is 12.6 Å². The summed E-state index contributed by atoms with van der Waals surface area (Å²) in [6.45, 7) is 1.01. The number of para-hydroxylation sites is 1. The third-order valence-corrected chi connectivity index (χ3v) is 3.84. The molecule has 0 fully saturated rings. The van der Waals surface area contributed by atoms with Crippen molar-refractivity contribution < 1.29 is 9.53 Å².